The molecule has 0 radical (unpaired) electrons. The van der Waals surface area contributed by atoms with Crippen LogP contribution >= 0.6 is 11.3 Å². The molecule has 1 aromatic heterocycles. The molecule has 0 aromatic carbocycles. The third kappa shape index (κ3) is 3.56. The summed E-state index contributed by atoms with van der Waals surface area (Å²) in [6.07, 6.45) is 9.28. The fourth-order valence-electron chi connectivity index (χ4n) is 3.17. The first-order valence-corrected chi connectivity index (χ1v) is 8.36. The fraction of sp³-hybridized carbons (Fsp3) is 0.800. The van der Waals surface area contributed by atoms with Gasteiger partial charge in [0.1, 0.15) is 0 Å². The van der Waals surface area contributed by atoms with Gasteiger partial charge in [0, 0.05) is 23.5 Å². The summed E-state index contributed by atoms with van der Waals surface area (Å²) in [5, 5.41) is 0. The highest BCUT2D eigenvalue weighted by atomic mass is 32.1. The highest BCUT2D eigenvalue weighted by Gasteiger charge is 2.33. The van der Waals surface area contributed by atoms with E-state index in [0.29, 0.717) is 0 Å². The summed E-state index contributed by atoms with van der Waals surface area (Å²) in [6.45, 7) is 3.88. The molecule has 1 heterocycles. The normalized spacial score (nSPS) is 20.2. The molecule has 1 aliphatic carbocycles. The predicted molar refractivity (Wildman–Crippen MR) is 82.4 cm³/mol. The average Bonchev–Trinajstić information content (AvgIpc) is 2.75. The van der Waals surface area contributed by atoms with Gasteiger partial charge in [0.25, 0.3) is 0 Å². The molecule has 108 valence electrons. The van der Waals surface area contributed by atoms with E-state index >= 15 is 0 Å². The minimum atomic E-state index is 0.205. The minimum Gasteiger partial charge on any atom is -0.329 e. The second-order valence-electron chi connectivity index (χ2n) is 5.91. The fourth-order valence-corrected chi connectivity index (χ4v) is 4.00. The SMILES string of the molecule is Cc1ncsc1CN(C)C1(CN)CCCCCCC1. The smallest absolute Gasteiger partial charge is 0.0798 e. The van der Waals surface area contributed by atoms with Gasteiger partial charge in [0.2, 0.25) is 0 Å². The molecule has 4 heteroatoms. The lowest BCUT2D eigenvalue weighted by Crippen LogP contribution is -2.52. The van der Waals surface area contributed by atoms with Gasteiger partial charge in [-0.2, -0.15) is 0 Å². The van der Waals surface area contributed by atoms with Crippen LogP contribution in [0.15, 0.2) is 5.51 Å². The van der Waals surface area contributed by atoms with Gasteiger partial charge in [-0.05, 0) is 26.8 Å². The van der Waals surface area contributed by atoms with Crippen molar-refractivity contribution >= 4 is 11.3 Å². The van der Waals surface area contributed by atoms with Crippen LogP contribution in [0.2, 0.25) is 0 Å². The number of aryl methyl sites for hydroxylation is 1. The molecule has 3 nitrogen and oxygen atoms in total. The van der Waals surface area contributed by atoms with Crippen LogP contribution in [0, 0.1) is 6.92 Å². The monoisotopic (exact) mass is 281 g/mol. The van der Waals surface area contributed by atoms with Crippen molar-refractivity contribution in [2.75, 3.05) is 13.6 Å². The number of aromatic nitrogens is 1. The van der Waals surface area contributed by atoms with Crippen molar-refractivity contribution in [1.29, 1.82) is 0 Å². The summed E-state index contributed by atoms with van der Waals surface area (Å²) >= 11 is 1.77. The Morgan fingerprint density at radius 2 is 1.89 bits per heavy atom. The van der Waals surface area contributed by atoms with Gasteiger partial charge in [0.05, 0.1) is 11.2 Å². The number of likely N-dealkylation sites (N-methyl/N-ethyl adjacent to an activating group) is 1. The van der Waals surface area contributed by atoms with E-state index in [0.717, 1.165) is 13.1 Å². The maximum absolute atomic E-state index is 6.17. The molecule has 2 N–H and O–H groups in total. The zero-order chi connectivity index (χ0) is 13.7. The molecule has 1 aliphatic rings. The van der Waals surface area contributed by atoms with Gasteiger partial charge in [-0.1, -0.05) is 32.1 Å². The molecule has 1 fully saturated rings. The lowest BCUT2D eigenvalue weighted by atomic mass is 9.82. The van der Waals surface area contributed by atoms with Crippen molar-refractivity contribution in [1.82, 2.24) is 9.88 Å². The number of hydrogen-bond acceptors (Lipinski definition) is 4. The molecule has 0 bridgehead atoms. The standard InChI is InChI=1S/C15H27N3S/c1-13-14(19-12-17-13)10-18(2)15(11-16)8-6-4-3-5-7-9-15/h12H,3-11,16H2,1-2H3. The first-order valence-electron chi connectivity index (χ1n) is 7.48. The zero-order valence-electron chi connectivity index (χ0n) is 12.3. The highest BCUT2D eigenvalue weighted by molar-refractivity contribution is 7.09. The Kier molecular flexibility index (Phi) is 5.37. The van der Waals surface area contributed by atoms with Gasteiger partial charge in [-0.25, -0.2) is 4.98 Å². The van der Waals surface area contributed by atoms with Crippen LogP contribution in [0.3, 0.4) is 0 Å². The number of thiazole rings is 1. The van der Waals surface area contributed by atoms with Crippen molar-refractivity contribution in [2.24, 2.45) is 5.73 Å². The Labute approximate surface area is 121 Å². The lowest BCUT2D eigenvalue weighted by Gasteiger charge is -2.42. The van der Waals surface area contributed by atoms with E-state index in [9.17, 15) is 0 Å². The molecule has 0 spiro atoms. The van der Waals surface area contributed by atoms with E-state index in [-0.39, 0.29) is 5.54 Å². The average molecular weight is 281 g/mol. The van der Waals surface area contributed by atoms with E-state index in [1.165, 1.54) is 55.5 Å². The van der Waals surface area contributed by atoms with E-state index in [2.05, 4.69) is 23.9 Å². The molecule has 2 rings (SSSR count). The van der Waals surface area contributed by atoms with E-state index in [1.54, 1.807) is 11.3 Å². The number of hydrogen-bond donors (Lipinski definition) is 1. The van der Waals surface area contributed by atoms with Gasteiger partial charge < -0.3 is 5.73 Å². The minimum absolute atomic E-state index is 0.205. The molecule has 0 amide bonds. The maximum atomic E-state index is 6.17. The molecular formula is C15H27N3S. The molecular weight excluding hydrogens is 254 g/mol. The van der Waals surface area contributed by atoms with Crippen LogP contribution in [0.5, 0.6) is 0 Å². The largest absolute Gasteiger partial charge is 0.329 e. The van der Waals surface area contributed by atoms with Crippen molar-refractivity contribution in [3.8, 4) is 0 Å². The van der Waals surface area contributed by atoms with Crippen LogP contribution < -0.4 is 5.73 Å². The van der Waals surface area contributed by atoms with Crippen molar-refractivity contribution in [3.05, 3.63) is 16.1 Å². The van der Waals surface area contributed by atoms with E-state index in [4.69, 9.17) is 5.73 Å². The van der Waals surface area contributed by atoms with Gasteiger partial charge >= 0.3 is 0 Å². The summed E-state index contributed by atoms with van der Waals surface area (Å²) in [5.74, 6) is 0. The van der Waals surface area contributed by atoms with Crippen LogP contribution in [0.1, 0.15) is 55.5 Å². The Bertz CT molecular complexity index is 380. The zero-order valence-corrected chi connectivity index (χ0v) is 13.1. The van der Waals surface area contributed by atoms with Gasteiger partial charge in [0.15, 0.2) is 0 Å². The summed E-state index contributed by atoms with van der Waals surface area (Å²) < 4.78 is 0. The Balaban J connectivity index is 2.07. The summed E-state index contributed by atoms with van der Waals surface area (Å²) in [4.78, 5) is 8.24. The van der Waals surface area contributed by atoms with Crippen molar-refractivity contribution < 1.29 is 0 Å². The Morgan fingerprint density at radius 1 is 1.26 bits per heavy atom. The first kappa shape index (κ1) is 14.9. The van der Waals surface area contributed by atoms with Crippen LogP contribution in [0.4, 0.5) is 0 Å². The third-order valence-electron chi connectivity index (χ3n) is 4.70. The highest BCUT2D eigenvalue weighted by Crippen LogP contribution is 2.32. The quantitative estimate of drug-likeness (QED) is 0.920. The number of nitrogens with zero attached hydrogens (tertiary/aromatic N) is 2. The van der Waals surface area contributed by atoms with Gasteiger partial charge in [-0.3, -0.25) is 4.90 Å². The topological polar surface area (TPSA) is 42.2 Å². The van der Waals surface area contributed by atoms with E-state index < -0.39 is 0 Å². The van der Waals surface area contributed by atoms with Crippen LogP contribution in [0.25, 0.3) is 0 Å². The summed E-state index contributed by atoms with van der Waals surface area (Å²) in [6, 6.07) is 0. The molecule has 0 atom stereocenters. The third-order valence-corrected chi connectivity index (χ3v) is 5.62. The molecule has 1 saturated carbocycles. The van der Waals surface area contributed by atoms with Crippen LogP contribution in [-0.4, -0.2) is 29.0 Å². The Morgan fingerprint density at radius 3 is 2.42 bits per heavy atom. The second-order valence-corrected chi connectivity index (χ2v) is 6.85. The Hall–Kier alpha value is -0.450. The van der Waals surface area contributed by atoms with Crippen molar-refractivity contribution in [2.45, 2.75) is 64.0 Å². The summed E-state index contributed by atoms with van der Waals surface area (Å²) in [5.41, 5.74) is 9.50. The molecule has 19 heavy (non-hydrogen) atoms. The molecule has 0 saturated heterocycles. The number of nitrogens with two attached hydrogens (primary N) is 1. The first-order chi connectivity index (χ1) is 9.18. The van der Waals surface area contributed by atoms with E-state index in [1.807, 2.05) is 5.51 Å². The lowest BCUT2D eigenvalue weighted by molar-refractivity contribution is 0.0873. The number of rotatable bonds is 4. The molecule has 0 aliphatic heterocycles. The van der Waals surface area contributed by atoms with Gasteiger partial charge in [-0.15, -0.1) is 11.3 Å². The molecule has 1 aromatic rings. The van der Waals surface area contributed by atoms with Crippen molar-refractivity contribution in [3.63, 3.8) is 0 Å². The van der Waals surface area contributed by atoms with Crippen LogP contribution in [-0.2, 0) is 6.54 Å². The predicted octanol–water partition coefficient (Wildman–Crippen LogP) is 3.33. The molecule has 0 unspecified atom stereocenters. The maximum Gasteiger partial charge on any atom is 0.0798 e. The summed E-state index contributed by atoms with van der Waals surface area (Å²) in [7, 11) is 2.24. The second kappa shape index (κ2) is 6.82.